The lowest BCUT2D eigenvalue weighted by atomic mass is 9.92. The number of hydrogen-bond acceptors (Lipinski definition) is 2. The summed E-state index contributed by atoms with van der Waals surface area (Å²) < 4.78 is 5.10. The molecule has 0 bridgehead atoms. The molecule has 0 spiro atoms. The van der Waals surface area contributed by atoms with E-state index in [0.717, 1.165) is 12.3 Å². The van der Waals surface area contributed by atoms with Gasteiger partial charge in [-0.15, -0.1) is 0 Å². The monoisotopic (exact) mass is 182 g/mol. The fraction of sp³-hybridized carbons (Fsp3) is 0.909. The number of rotatable bonds is 2. The van der Waals surface area contributed by atoms with Crippen LogP contribution in [0.3, 0.4) is 0 Å². The van der Waals surface area contributed by atoms with Crippen molar-refractivity contribution in [2.24, 2.45) is 17.8 Å². The van der Waals surface area contributed by atoms with Gasteiger partial charge in [0.05, 0.1) is 12.5 Å². The lowest BCUT2D eigenvalue weighted by molar-refractivity contribution is -0.149. The second-order valence-electron chi connectivity index (χ2n) is 4.29. The number of carbonyl (C=O) groups excluding carboxylic acids is 1. The number of fused-ring (bicyclic) bond motifs is 1. The Balaban J connectivity index is 1.96. The van der Waals surface area contributed by atoms with E-state index in [-0.39, 0.29) is 11.9 Å². The van der Waals surface area contributed by atoms with Crippen LogP contribution in [0.2, 0.25) is 0 Å². The van der Waals surface area contributed by atoms with Crippen LogP contribution in [0.1, 0.15) is 39.0 Å². The van der Waals surface area contributed by atoms with Gasteiger partial charge in [-0.25, -0.2) is 0 Å². The number of esters is 1. The number of ether oxygens (including phenoxy) is 1. The third kappa shape index (κ3) is 1.59. The van der Waals surface area contributed by atoms with Gasteiger partial charge in [0.2, 0.25) is 0 Å². The lowest BCUT2D eigenvalue weighted by Gasteiger charge is -2.16. The van der Waals surface area contributed by atoms with Crippen molar-refractivity contribution in [3.63, 3.8) is 0 Å². The van der Waals surface area contributed by atoms with Crippen LogP contribution in [0.25, 0.3) is 0 Å². The minimum absolute atomic E-state index is 0.0666. The van der Waals surface area contributed by atoms with Gasteiger partial charge in [0.1, 0.15) is 0 Å². The Labute approximate surface area is 79.7 Å². The van der Waals surface area contributed by atoms with Crippen LogP contribution in [-0.4, -0.2) is 12.6 Å². The second-order valence-corrected chi connectivity index (χ2v) is 4.29. The third-order valence-corrected chi connectivity index (χ3v) is 3.67. The maximum atomic E-state index is 11.6. The topological polar surface area (TPSA) is 26.3 Å². The van der Waals surface area contributed by atoms with Gasteiger partial charge in [-0.2, -0.15) is 0 Å². The molecule has 2 aliphatic rings. The molecule has 0 aromatic heterocycles. The average molecular weight is 182 g/mol. The van der Waals surface area contributed by atoms with Crippen LogP contribution in [0.15, 0.2) is 0 Å². The highest BCUT2D eigenvalue weighted by Gasteiger charge is 2.43. The molecule has 2 nitrogen and oxygen atoms in total. The van der Waals surface area contributed by atoms with Crippen molar-refractivity contribution in [1.82, 2.24) is 0 Å². The molecule has 0 saturated heterocycles. The van der Waals surface area contributed by atoms with E-state index in [1.54, 1.807) is 0 Å². The van der Waals surface area contributed by atoms with Crippen molar-refractivity contribution >= 4 is 5.97 Å². The van der Waals surface area contributed by atoms with E-state index < -0.39 is 0 Å². The van der Waals surface area contributed by atoms with Crippen molar-refractivity contribution in [2.45, 2.75) is 39.0 Å². The SMILES string of the molecule is CCOC(=O)C1CCC2CCCC21. The molecular formula is C11H18O2. The van der Waals surface area contributed by atoms with Gasteiger partial charge in [0.25, 0.3) is 0 Å². The predicted octanol–water partition coefficient (Wildman–Crippen LogP) is 2.38. The molecule has 2 rings (SSSR count). The molecule has 13 heavy (non-hydrogen) atoms. The van der Waals surface area contributed by atoms with Gasteiger partial charge < -0.3 is 4.74 Å². The predicted molar refractivity (Wildman–Crippen MR) is 50.2 cm³/mol. The Bertz CT molecular complexity index is 200. The van der Waals surface area contributed by atoms with E-state index in [4.69, 9.17) is 4.74 Å². The molecule has 2 heteroatoms. The van der Waals surface area contributed by atoms with Crippen LogP contribution in [0, 0.1) is 17.8 Å². The van der Waals surface area contributed by atoms with Gasteiger partial charge in [0, 0.05) is 0 Å². The lowest BCUT2D eigenvalue weighted by Crippen LogP contribution is -2.21. The van der Waals surface area contributed by atoms with Crippen molar-refractivity contribution in [3.8, 4) is 0 Å². The summed E-state index contributed by atoms with van der Waals surface area (Å²) in [4.78, 5) is 11.6. The third-order valence-electron chi connectivity index (χ3n) is 3.67. The molecule has 0 heterocycles. The van der Waals surface area contributed by atoms with Crippen molar-refractivity contribution < 1.29 is 9.53 Å². The Kier molecular flexibility index (Phi) is 2.56. The first-order chi connectivity index (χ1) is 6.33. The molecule has 0 N–H and O–H groups in total. The Morgan fingerprint density at radius 3 is 2.92 bits per heavy atom. The molecule has 0 aromatic rings. The Morgan fingerprint density at radius 2 is 2.15 bits per heavy atom. The zero-order valence-electron chi connectivity index (χ0n) is 8.29. The van der Waals surface area contributed by atoms with Gasteiger partial charge in [-0.3, -0.25) is 4.79 Å². The van der Waals surface area contributed by atoms with Crippen LogP contribution in [-0.2, 0) is 9.53 Å². The normalized spacial score (nSPS) is 37.5. The summed E-state index contributed by atoms with van der Waals surface area (Å²) >= 11 is 0. The highest BCUT2D eigenvalue weighted by molar-refractivity contribution is 5.73. The first-order valence-electron chi connectivity index (χ1n) is 5.49. The van der Waals surface area contributed by atoms with Gasteiger partial charge in [-0.1, -0.05) is 12.8 Å². The molecule has 0 aliphatic heterocycles. The highest BCUT2D eigenvalue weighted by Crippen LogP contribution is 2.47. The summed E-state index contributed by atoms with van der Waals surface area (Å²) in [7, 11) is 0. The van der Waals surface area contributed by atoms with Gasteiger partial charge >= 0.3 is 5.97 Å². The quantitative estimate of drug-likeness (QED) is 0.613. The summed E-state index contributed by atoms with van der Waals surface area (Å²) in [5.74, 6) is 1.82. The summed E-state index contributed by atoms with van der Waals surface area (Å²) in [6.07, 6.45) is 6.27. The first kappa shape index (κ1) is 9.04. The van der Waals surface area contributed by atoms with Crippen molar-refractivity contribution in [3.05, 3.63) is 0 Å². The summed E-state index contributed by atoms with van der Waals surface area (Å²) in [6, 6.07) is 0. The smallest absolute Gasteiger partial charge is 0.309 e. The molecule has 2 aliphatic carbocycles. The Hall–Kier alpha value is -0.530. The molecule has 3 unspecified atom stereocenters. The fourth-order valence-corrected chi connectivity index (χ4v) is 3.10. The van der Waals surface area contributed by atoms with Gasteiger partial charge in [-0.05, 0) is 38.0 Å². The van der Waals surface area contributed by atoms with E-state index in [1.807, 2.05) is 6.92 Å². The van der Waals surface area contributed by atoms with E-state index in [2.05, 4.69) is 0 Å². The largest absolute Gasteiger partial charge is 0.466 e. The van der Waals surface area contributed by atoms with E-state index in [9.17, 15) is 4.79 Å². The van der Waals surface area contributed by atoms with E-state index in [0.29, 0.717) is 12.5 Å². The fourth-order valence-electron chi connectivity index (χ4n) is 3.10. The summed E-state index contributed by atoms with van der Waals surface area (Å²) in [5.41, 5.74) is 0. The molecular weight excluding hydrogens is 164 g/mol. The molecule has 74 valence electrons. The van der Waals surface area contributed by atoms with Crippen LogP contribution < -0.4 is 0 Å². The molecule has 2 fully saturated rings. The van der Waals surface area contributed by atoms with E-state index in [1.165, 1.54) is 25.7 Å². The standard InChI is InChI=1S/C11H18O2/c1-2-13-11(12)10-7-6-8-4-3-5-9(8)10/h8-10H,2-7H2,1H3. The maximum absolute atomic E-state index is 11.6. The summed E-state index contributed by atoms with van der Waals surface area (Å²) in [6.45, 7) is 2.42. The minimum Gasteiger partial charge on any atom is -0.466 e. The van der Waals surface area contributed by atoms with Crippen molar-refractivity contribution in [1.29, 1.82) is 0 Å². The minimum atomic E-state index is 0.0666. The van der Waals surface area contributed by atoms with E-state index >= 15 is 0 Å². The van der Waals surface area contributed by atoms with Crippen LogP contribution in [0.4, 0.5) is 0 Å². The summed E-state index contributed by atoms with van der Waals surface area (Å²) in [5, 5.41) is 0. The maximum Gasteiger partial charge on any atom is 0.309 e. The first-order valence-corrected chi connectivity index (χ1v) is 5.49. The molecule has 0 amide bonds. The molecule has 0 aromatic carbocycles. The number of hydrogen-bond donors (Lipinski definition) is 0. The zero-order chi connectivity index (χ0) is 9.26. The van der Waals surface area contributed by atoms with Crippen LogP contribution >= 0.6 is 0 Å². The molecule has 3 atom stereocenters. The second kappa shape index (κ2) is 3.69. The zero-order valence-corrected chi connectivity index (χ0v) is 8.29. The van der Waals surface area contributed by atoms with Gasteiger partial charge in [0.15, 0.2) is 0 Å². The van der Waals surface area contributed by atoms with Crippen LogP contribution in [0.5, 0.6) is 0 Å². The van der Waals surface area contributed by atoms with Crippen molar-refractivity contribution in [2.75, 3.05) is 6.61 Å². The number of carbonyl (C=O) groups is 1. The Morgan fingerprint density at radius 1 is 1.31 bits per heavy atom. The molecule has 0 radical (unpaired) electrons. The highest BCUT2D eigenvalue weighted by atomic mass is 16.5. The molecule has 2 saturated carbocycles. The average Bonchev–Trinajstić information content (AvgIpc) is 2.62.